The van der Waals surface area contributed by atoms with Gasteiger partial charge in [0.25, 0.3) is 0 Å². The van der Waals surface area contributed by atoms with E-state index in [0.29, 0.717) is 0 Å². The number of azide groups is 1. The fraction of sp³-hybridized carbons (Fsp3) is 0.538. The molecule has 1 aromatic carbocycles. The molecule has 0 amide bonds. The number of benzene rings is 1. The first-order valence-corrected chi connectivity index (χ1v) is 6.42. The van der Waals surface area contributed by atoms with Gasteiger partial charge >= 0.3 is 6.36 Å². The first-order chi connectivity index (χ1) is 9.98. The summed E-state index contributed by atoms with van der Waals surface area (Å²) < 4.78 is 46.3. The van der Waals surface area contributed by atoms with Crippen molar-refractivity contribution in [2.75, 3.05) is 0 Å². The molecule has 1 aliphatic rings. The van der Waals surface area contributed by atoms with Crippen molar-refractivity contribution >= 4 is 0 Å². The Labute approximate surface area is 119 Å². The van der Waals surface area contributed by atoms with Crippen LogP contribution in [0.2, 0.25) is 0 Å². The maximum Gasteiger partial charge on any atom is 0.522 e. The van der Waals surface area contributed by atoms with Crippen LogP contribution in [0.1, 0.15) is 18.4 Å². The summed E-state index contributed by atoms with van der Waals surface area (Å²) in [4.78, 5) is 2.66. The molecule has 21 heavy (non-hydrogen) atoms. The minimum absolute atomic E-state index is 0.00300. The molecule has 0 N–H and O–H groups in total. The summed E-state index contributed by atoms with van der Waals surface area (Å²) in [5.74, 6) is 0. The summed E-state index contributed by atoms with van der Waals surface area (Å²) in [5, 5.41) is 3.51. The first-order valence-electron chi connectivity index (χ1n) is 6.42. The number of nitrogens with zero attached hydrogens (tertiary/aromatic N) is 3. The van der Waals surface area contributed by atoms with Gasteiger partial charge in [0.1, 0.15) is 0 Å². The molecule has 2 rings (SSSR count). The third-order valence-corrected chi connectivity index (χ3v) is 3.24. The minimum atomic E-state index is -4.69. The third kappa shape index (κ3) is 4.93. The van der Waals surface area contributed by atoms with E-state index in [4.69, 9.17) is 10.3 Å². The normalized spacial score (nSPS) is 25.6. The molecule has 3 atom stereocenters. The van der Waals surface area contributed by atoms with Gasteiger partial charge in [0.05, 0.1) is 24.9 Å². The number of hydrogen-bond donors (Lipinski definition) is 0. The number of alkyl halides is 3. The van der Waals surface area contributed by atoms with Gasteiger partial charge in [0.2, 0.25) is 0 Å². The van der Waals surface area contributed by atoms with Crippen LogP contribution in [0.15, 0.2) is 35.4 Å². The predicted octanol–water partition coefficient (Wildman–Crippen LogP) is 3.95. The molecule has 0 unspecified atom stereocenters. The zero-order chi connectivity index (χ0) is 15.3. The van der Waals surface area contributed by atoms with Crippen LogP contribution in [0.5, 0.6) is 0 Å². The van der Waals surface area contributed by atoms with Crippen molar-refractivity contribution in [1.82, 2.24) is 0 Å². The molecule has 0 aromatic heterocycles. The maximum atomic E-state index is 12.2. The molecule has 114 valence electrons. The van der Waals surface area contributed by atoms with Gasteiger partial charge in [-0.2, -0.15) is 0 Å². The molecular formula is C13H14F3N3O2. The maximum absolute atomic E-state index is 12.2. The number of halogens is 3. The standard InChI is InChI=1S/C13H14F3N3O2/c14-13(15,16)21-10-6-11(18-19-17)12(7-10)20-8-9-4-2-1-3-5-9/h1-5,10-12H,6-8H2/t10-,11-,12-/m0/s1. The van der Waals surface area contributed by atoms with Crippen molar-refractivity contribution in [3.8, 4) is 0 Å². The second kappa shape index (κ2) is 6.80. The van der Waals surface area contributed by atoms with Gasteiger partial charge in [0, 0.05) is 11.3 Å². The molecule has 0 heterocycles. The van der Waals surface area contributed by atoms with Crippen LogP contribution in [0.25, 0.3) is 10.4 Å². The Kier molecular flexibility index (Phi) is 5.06. The van der Waals surface area contributed by atoms with Crippen molar-refractivity contribution in [2.45, 2.75) is 44.1 Å². The molecule has 1 aromatic rings. The average molecular weight is 301 g/mol. The molecule has 1 aliphatic carbocycles. The van der Waals surface area contributed by atoms with Gasteiger partial charge in [-0.25, -0.2) is 0 Å². The Hall–Kier alpha value is -1.76. The first kappa shape index (κ1) is 15.6. The van der Waals surface area contributed by atoms with E-state index in [-0.39, 0.29) is 19.4 Å². The van der Waals surface area contributed by atoms with E-state index >= 15 is 0 Å². The second-order valence-corrected chi connectivity index (χ2v) is 4.76. The Balaban J connectivity index is 1.94. The molecule has 0 aliphatic heterocycles. The van der Waals surface area contributed by atoms with Crippen molar-refractivity contribution in [1.29, 1.82) is 0 Å². The minimum Gasteiger partial charge on any atom is -0.373 e. The lowest BCUT2D eigenvalue weighted by atomic mass is 10.2. The second-order valence-electron chi connectivity index (χ2n) is 4.76. The molecule has 8 heteroatoms. The van der Waals surface area contributed by atoms with E-state index in [1.54, 1.807) is 0 Å². The fourth-order valence-electron chi connectivity index (χ4n) is 2.36. The lowest BCUT2D eigenvalue weighted by Crippen LogP contribution is -2.22. The van der Waals surface area contributed by atoms with Crippen molar-refractivity contribution < 1.29 is 22.6 Å². The summed E-state index contributed by atoms with van der Waals surface area (Å²) in [6.45, 7) is 0.252. The smallest absolute Gasteiger partial charge is 0.373 e. The van der Waals surface area contributed by atoms with Crippen LogP contribution in [-0.2, 0) is 16.1 Å². The molecule has 5 nitrogen and oxygen atoms in total. The predicted molar refractivity (Wildman–Crippen MR) is 68.1 cm³/mol. The quantitative estimate of drug-likeness (QED) is 0.469. The van der Waals surface area contributed by atoms with E-state index in [2.05, 4.69) is 14.8 Å². The van der Waals surface area contributed by atoms with Crippen molar-refractivity contribution in [3.63, 3.8) is 0 Å². The van der Waals surface area contributed by atoms with Crippen LogP contribution in [-0.4, -0.2) is 24.6 Å². The highest BCUT2D eigenvalue weighted by molar-refractivity contribution is 5.13. The van der Waals surface area contributed by atoms with Crippen LogP contribution in [0.4, 0.5) is 13.2 Å². The summed E-state index contributed by atoms with van der Waals surface area (Å²) in [6, 6.07) is 8.59. The Bertz CT molecular complexity index is 503. The van der Waals surface area contributed by atoms with Gasteiger partial charge in [0.15, 0.2) is 0 Å². The van der Waals surface area contributed by atoms with Crippen molar-refractivity contribution in [3.05, 3.63) is 46.3 Å². The van der Waals surface area contributed by atoms with Crippen LogP contribution >= 0.6 is 0 Å². The zero-order valence-corrected chi connectivity index (χ0v) is 11.0. The molecule has 0 saturated heterocycles. The van der Waals surface area contributed by atoms with E-state index < -0.39 is 24.6 Å². The summed E-state index contributed by atoms with van der Waals surface area (Å²) >= 11 is 0. The molecule has 1 saturated carbocycles. The van der Waals surface area contributed by atoms with Gasteiger partial charge in [-0.15, -0.1) is 13.2 Å². The summed E-state index contributed by atoms with van der Waals surface area (Å²) in [6.07, 6.45) is -6.26. The lowest BCUT2D eigenvalue weighted by Gasteiger charge is -2.16. The zero-order valence-electron chi connectivity index (χ0n) is 11.0. The van der Waals surface area contributed by atoms with Crippen LogP contribution in [0.3, 0.4) is 0 Å². The van der Waals surface area contributed by atoms with Gasteiger partial charge in [-0.05, 0) is 17.5 Å². The van der Waals surface area contributed by atoms with E-state index in [0.717, 1.165) is 5.56 Å². The topological polar surface area (TPSA) is 67.2 Å². The Morgan fingerprint density at radius 1 is 1.24 bits per heavy atom. The third-order valence-electron chi connectivity index (χ3n) is 3.24. The Morgan fingerprint density at radius 2 is 1.95 bits per heavy atom. The van der Waals surface area contributed by atoms with Crippen LogP contribution < -0.4 is 0 Å². The monoisotopic (exact) mass is 301 g/mol. The number of rotatable bonds is 5. The van der Waals surface area contributed by atoms with Gasteiger partial charge in [-0.1, -0.05) is 35.4 Å². The van der Waals surface area contributed by atoms with E-state index in [1.165, 1.54) is 0 Å². The molecular weight excluding hydrogens is 287 g/mol. The number of hydrogen-bond acceptors (Lipinski definition) is 3. The highest BCUT2D eigenvalue weighted by atomic mass is 19.4. The summed E-state index contributed by atoms with van der Waals surface area (Å²) in [7, 11) is 0. The van der Waals surface area contributed by atoms with Crippen molar-refractivity contribution in [2.24, 2.45) is 5.11 Å². The van der Waals surface area contributed by atoms with E-state index in [9.17, 15) is 13.2 Å². The number of ether oxygens (including phenoxy) is 2. The Morgan fingerprint density at radius 3 is 2.57 bits per heavy atom. The molecule has 0 bridgehead atoms. The van der Waals surface area contributed by atoms with Gasteiger partial charge < -0.3 is 4.74 Å². The lowest BCUT2D eigenvalue weighted by molar-refractivity contribution is -0.342. The molecule has 0 spiro atoms. The van der Waals surface area contributed by atoms with E-state index in [1.807, 2.05) is 30.3 Å². The van der Waals surface area contributed by atoms with Gasteiger partial charge in [-0.3, -0.25) is 4.74 Å². The molecule has 1 fully saturated rings. The molecule has 0 radical (unpaired) electrons. The fourth-order valence-corrected chi connectivity index (χ4v) is 2.36. The van der Waals surface area contributed by atoms with Crippen LogP contribution in [0, 0.1) is 0 Å². The SMILES string of the molecule is [N-]=[N+]=N[C@H]1C[C@H](OC(F)(F)F)C[C@@H]1OCc1ccccc1. The highest BCUT2D eigenvalue weighted by Gasteiger charge is 2.41. The highest BCUT2D eigenvalue weighted by Crippen LogP contribution is 2.32. The largest absolute Gasteiger partial charge is 0.522 e. The summed E-state index contributed by atoms with van der Waals surface area (Å²) in [5.41, 5.74) is 9.39. The average Bonchev–Trinajstić information content (AvgIpc) is 2.78.